The molecule has 26 heavy (non-hydrogen) atoms. The summed E-state index contributed by atoms with van der Waals surface area (Å²) in [6.07, 6.45) is 0.395. The molecule has 0 aliphatic carbocycles. The van der Waals surface area contributed by atoms with Gasteiger partial charge in [-0.1, -0.05) is 61.2 Å². The molecule has 1 aliphatic rings. The standard InChI is InChI=1S/C21H22N2O3/c1-14-12-18(21(25)26-2)23-19(17-11-7-6-10-16(14)17)20(24)22-13-15-8-4-3-5-9-15/h3-11,18-19,23H,1,12-13H2,2H3,(H,22,24). The molecule has 0 aromatic heterocycles. The summed E-state index contributed by atoms with van der Waals surface area (Å²) in [6.45, 7) is 4.51. The summed E-state index contributed by atoms with van der Waals surface area (Å²) in [5, 5.41) is 6.09. The zero-order valence-corrected chi connectivity index (χ0v) is 14.7. The van der Waals surface area contributed by atoms with Crippen LogP contribution < -0.4 is 10.6 Å². The Balaban J connectivity index is 1.86. The third-order valence-electron chi connectivity index (χ3n) is 4.53. The van der Waals surface area contributed by atoms with Crippen molar-refractivity contribution in [1.82, 2.24) is 10.6 Å². The normalized spacial score (nSPS) is 19.2. The third kappa shape index (κ3) is 3.83. The van der Waals surface area contributed by atoms with Gasteiger partial charge in [-0.25, -0.2) is 0 Å². The third-order valence-corrected chi connectivity index (χ3v) is 4.53. The zero-order chi connectivity index (χ0) is 18.5. The van der Waals surface area contributed by atoms with Crippen LogP contribution >= 0.6 is 0 Å². The minimum atomic E-state index is -0.654. The Morgan fingerprint density at radius 3 is 2.58 bits per heavy atom. The van der Waals surface area contributed by atoms with Crippen LogP contribution in [0.2, 0.25) is 0 Å². The molecule has 1 heterocycles. The Morgan fingerprint density at radius 1 is 1.15 bits per heavy atom. The molecule has 2 aromatic carbocycles. The van der Waals surface area contributed by atoms with Crippen LogP contribution in [0.25, 0.3) is 5.57 Å². The van der Waals surface area contributed by atoms with Gasteiger partial charge >= 0.3 is 5.97 Å². The Labute approximate surface area is 153 Å². The number of esters is 1. The number of rotatable bonds is 4. The van der Waals surface area contributed by atoms with Crippen molar-refractivity contribution >= 4 is 17.4 Å². The van der Waals surface area contributed by atoms with Gasteiger partial charge in [-0.3, -0.25) is 14.9 Å². The minimum Gasteiger partial charge on any atom is -0.468 e. The number of hydrogen-bond acceptors (Lipinski definition) is 4. The molecular formula is C21H22N2O3. The minimum absolute atomic E-state index is 0.190. The number of nitrogens with one attached hydrogen (secondary N) is 2. The van der Waals surface area contributed by atoms with Crippen LogP contribution in [-0.4, -0.2) is 25.0 Å². The summed E-state index contributed by atoms with van der Waals surface area (Å²) in [4.78, 5) is 25.0. The molecule has 1 aliphatic heterocycles. The van der Waals surface area contributed by atoms with Crippen molar-refractivity contribution in [3.63, 3.8) is 0 Å². The summed E-state index contributed by atoms with van der Waals surface area (Å²) in [7, 11) is 1.34. The molecular weight excluding hydrogens is 328 g/mol. The van der Waals surface area contributed by atoms with E-state index in [1.165, 1.54) is 7.11 Å². The molecule has 0 fully saturated rings. The lowest BCUT2D eigenvalue weighted by Gasteiger charge is -2.21. The van der Waals surface area contributed by atoms with Gasteiger partial charge in [0.25, 0.3) is 0 Å². The van der Waals surface area contributed by atoms with Crippen molar-refractivity contribution < 1.29 is 14.3 Å². The molecule has 134 valence electrons. The van der Waals surface area contributed by atoms with Crippen molar-refractivity contribution in [2.75, 3.05) is 7.11 Å². The fourth-order valence-electron chi connectivity index (χ4n) is 3.17. The van der Waals surface area contributed by atoms with Crippen LogP contribution in [0.1, 0.15) is 29.2 Å². The molecule has 1 amide bonds. The largest absolute Gasteiger partial charge is 0.468 e. The second-order valence-electron chi connectivity index (χ2n) is 6.27. The quantitative estimate of drug-likeness (QED) is 0.832. The molecule has 2 aromatic rings. The number of ether oxygens (including phenoxy) is 1. The van der Waals surface area contributed by atoms with Crippen molar-refractivity contribution in [2.45, 2.75) is 25.0 Å². The van der Waals surface area contributed by atoms with Crippen LogP contribution in [0.4, 0.5) is 0 Å². The number of amides is 1. The maximum Gasteiger partial charge on any atom is 0.323 e. The van der Waals surface area contributed by atoms with E-state index in [9.17, 15) is 9.59 Å². The van der Waals surface area contributed by atoms with E-state index >= 15 is 0 Å². The summed E-state index contributed by atoms with van der Waals surface area (Å²) in [5.41, 5.74) is 3.53. The lowest BCUT2D eigenvalue weighted by Crippen LogP contribution is -2.45. The summed E-state index contributed by atoms with van der Waals surface area (Å²) >= 11 is 0. The number of methoxy groups -OCH3 is 1. The SMILES string of the molecule is C=C1CC(C(=O)OC)NC(C(=O)NCc2ccccc2)c2ccccc21. The molecule has 2 atom stereocenters. The first kappa shape index (κ1) is 17.9. The van der Waals surface area contributed by atoms with E-state index in [-0.39, 0.29) is 5.91 Å². The highest BCUT2D eigenvalue weighted by Gasteiger charge is 2.33. The lowest BCUT2D eigenvalue weighted by molar-refractivity contribution is -0.143. The van der Waals surface area contributed by atoms with Gasteiger partial charge in [0.05, 0.1) is 7.11 Å². The van der Waals surface area contributed by atoms with E-state index in [0.29, 0.717) is 13.0 Å². The fraction of sp³-hybridized carbons (Fsp3) is 0.238. The molecule has 2 unspecified atom stereocenters. The molecule has 0 saturated heterocycles. The van der Waals surface area contributed by atoms with Gasteiger partial charge in [-0.05, 0) is 28.7 Å². The molecule has 0 spiro atoms. The topological polar surface area (TPSA) is 67.4 Å². The molecule has 0 bridgehead atoms. The molecule has 3 rings (SSSR count). The van der Waals surface area contributed by atoms with Crippen LogP contribution in [0, 0.1) is 0 Å². The summed E-state index contributed by atoms with van der Waals surface area (Å²) < 4.78 is 4.88. The van der Waals surface area contributed by atoms with Gasteiger partial charge in [0.2, 0.25) is 5.91 Å². The van der Waals surface area contributed by atoms with Crippen LogP contribution in [0.3, 0.4) is 0 Å². The van der Waals surface area contributed by atoms with Crippen molar-refractivity contribution in [1.29, 1.82) is 0 Å². The highest BCUT2D eigenvalue weighted by atomic mass is 16.5. The Bertz CT molecular complexity index is 817. The number of carbonyl (C=O) groups excluding carboxylic acids is 2. The number of benzene rings is 2. The van der Waals surface area contributed by atoms with Crippen LogP contribution in [-0.2, 0) is 20.9 Å². The molecule has 5 nitrogen and oxygen atoms in total. The monoisotopic (exact) mass is 350 g/mol. The average molecular weight is 350 g/mol. The predicted octanol–water partition coefficient (Wildman–Crippen LogP) is 2.59. The van der Waals surface area contributed by atoms with Crippen molar-refractivity contribution in [2.24, 2.45) is 0 Å². The van der Waals surface area contributed by atoms with Gasteiger partial charge in [-0.2, -0.15) is 0 Å². The van der Waals surface area contributed by atoms with E-state index in [1.54, 1.807) is 0 Å². The Morgan fingerprint density at radius 2 is 1.85 bits per heavy atom. The highest BCUT2D eigenvalue weighted by molar-refractivity contribution is 5.89. The van der Waals surface area contributed by atoms with Gasteiger partial charge in [0.1, 0.15) is 12.1 Å². The molecule has 0 radical (unpaired) electrons. The average Bonchev–Trinajstić information content (AvgIpc) is 2.83. The van der Waals surface area contributed by atoms with Gasteiger partial charge < -0.3 is 10.1 Å². The number of carbonyl (C=O) groups is 2. The molecule has 2 N–H and O–H groups in total. The summed E-state index contributed by atoms with van der Waals surface area (Å²) in [6, 6.07) is 16.0. The van der Waals surface area contributed by atoms with Crippen LogP contribution in [0.5, 0.6) is 0 Å². The maximum absolute atomic E-state index is 12.9. The lowest BCUT2D eigenvalue weighted by atomic mass is 9.95. The van der Waals surface area contributed by atoms with Crippen LogP contribution in [0.15, 0.2) is 61.2 Å². The van der Waals surface area contributed by atoms with E-state index in [2.05, 4.69) is 17.2 Å². The first-order valence-corrected chi connectivity index (χ1v) is 8.52. The second kappa shape index (κ2) is 7.97. The van der Waals surface area contributed by atoms with E-state index < -0.39 is 18.1 Å². The van der Waals surface area contributed by atoms with E-state index in [4.69, 9.17) is 4.74 Å². The highest BCUT2D eigenvalue weighted by Crippen LogP contribution is 2.31. The zero-order valence-electron chi connectivity index (χ0n) is 14.7. The fourth-order valence-corrected chi connectivity index (χ4v) is 3.17. The first-order valence-electron chi connectivity index (χ1n) is 8.52. The summed E-state index contributed by atoms with van der Waals surface area (Å²) in [5.74, 6) is -0.593. The Hall–Kier alpha value is -2.92. The maximum atomic E-state index is 12.9. The first-order chi connectivity index (χ1) is 12.6. The smallest absolute Gasteiger partial charge is 0.323 e. The van der Waals surface area contributed by atoms with Crippen molar-refractivity contribution in [3.05, 3.63) is 77.9 Å². The number of hydrogen-bond donors (Lipinski definition) is 2. The second-order valence-corrected chi connectivity index (χ2v) is 6.27. The predicted molar refractivity (Wildman–Crippen MR) is 100 cm³/mol. The van der Waals surface area contributed by atoms with Gasteiger partial charge in [0, 0.05) is 6.54 Å². The molecule has 0 saturated carbocycles. The molecule has 5 heteroatoms. The van der Waals surface area contributed by atoms with Crippen molar-refractivity contribution in [3.8, 4) is 0 Å². The number of fused-ring (bicyclic) bond motifs is 1. The Kier molecular flexibility index (Phi) is 5.49. The van der Waals surface area contributed by atoms with E-state index in [0.717, 1.165) is 22.3 Å². The van der Waals surface area contributed by atoms with Gasteiger partial charge in [-0.15, -0.1) is 0 Å². The van der Waals surface area contributed by atoms with Gasteiger partial charge in [0.15, 0.2) is 0 Å². The van der Waals surface area contributed by atoms with E-state index in [1.807, 2.05) is 54.6 Å².